The molecule has 1 saturated heterocycles. The molecule has 0 spiro atoms. The maximum Gasteiger partial charge on any atom is 0.225 e. The molecule has 0 bridgehead atoms. The Kier molecular flexibility index (Phi) is 4.18. The fraction of sp³-hybridized carbons (Fsp3) is 0.400. The number of aromatic nitrogens is 3. The first kappa shape index (κ1) is 16.5. The van der Waals surface area contributed by atoms with Crippen molar-refractivity contribution in [2.75, 3.05) is 10.6 Å². The van der Waals surface area contributed by atoms with Crippen LogP contribution in [0.25, 0.3) is 10.9 Å². The lowest BCUT2D eigenvalue weighted by Crippen LogP contribution is -2.37. The van der Waals surface area contributed by atoms with E-state index in [9.17, 15) is 0 Å². The van der Waals surface area contributed by atoms with Gasteiger partial charge in [0.15, 0.2) is 0 Å². The van der Waals surface area contributed by atoms with Crippen molar-refractivity contribution in [2.45, 2.75) is 44.4 Å². The summed E-state index contributed by atoms with van der Waals surface area (Å²) < 4.78 is 0. The molecular formula is C20H25N7. The average Bonchev–Trinajstić information content (AvgIpc) is 3.23. The largest absolute Gasteiger partial charge is 0.361 e. The van der Waals surface area contributed by atoms with Crippen molar-refractivity contribution in [3.63, 3.8) is 0 Å². The molecule has 0 amide bonds. The quantitative estimate of drug-likeness (QED) is 0.462. The van der Waals surface area contributed by atoms with Crippen LogP contribution < -0.4 is 21.5 Å². The van der Waals surface area contributed by atoms with Gasteiger partial charge in [-0.25, -0.2) is 10.4 Å². The molecule has 2 aromatic heterocycles. The van der Waals surface area contributed by atoms with Gasteiger partial charge in [-0.15, -0.1) is 0 Å². The SMILES string of the molecule is C[C@@H](Nc1nccc(NC2CC(C3CC3)NN2)n1)c1ccc2[nH]ccc2c1. The summed E-state index contributed by atoms with van der Waals surface area (Å²) in [5.74, 6) is 2.30. The van der Waals surface area contributed by atoms with E-state index < -0.39 is 0 Å². The van der Waals surface area contributed by atoms with E-state index in [1.807, 2.05) is 12.3 Å². The molecule has 2 aliphatic rings. The summed E-state index contributed by atoms with van der Waals surface area (Å²) in [5.41, 5.74) is 9.08. The van der Waals surface area contributed by atoms with Gasteiger partial charge in [-0.3, -0.25) is 5.43 Å². The monoisotopic (exact) mass is 363 g/mol. The number of H-pyrrole nitrogens is 1. The molecular weight excluding hydrogens is 338 g/mol. The van der Waals surface area contributed by atoms with Gasteiger partial charge in [0, 0.05) is 24.0 Å². The van der Waals surface area contributed by atoms with E-state index >= 15 is 0 Å². The molecule has 5 N–H and O–H groups in total. The van der Waals surface area contributed by atoms with Crippen LogP contribution in [0, 0.1) is 5.92 Å². The van der Waals surface area contributed by atoms with Crippen molar-refractivity contribution in [1.29, 1.82) is 0 Å². The van der Waals surface area contributed by atoms with E-state index in [1.165, 1.54) is 23.8 Å². The summed E-state index contributed by atoms with van der Waals surface area (Å²) in [4.78, 5) is 12.2. The third-order valence-corrected chi connectivity index (χ3v) is 5.52. The lowest BCUT2D eigenvalue weighted by molar-refractivity contribution is 0.502. The molecule has 1 aliphatic carbocycles. The predicted octanol–water partition coefficient (Wildman–Crippen LogP) is 3.15. The summed E-state index contributed by atoms with van der Waals surface area (Å²) in [6.07, 6.45) is 7.72. The number of hydrazine groups is 1. The average molecular weight is 363 g/mol. The normalized spacial score (nSPS) is 23.4. The van der Waals surface area contributed by atoms with Gasteiger partial charge >= 0.3 is 0 Å². The maximum atomic E-state index is 4.63. The topological polar surface area (TPSA) is 89.7 Å². The molecule has 2 fully saturated rings. The smallest absolute Gasteiger partial charge is 0.225 e. The minimum absolute atomic E-state index is 0.116. The summed E-state index contributed by atoms with van der Waals surface area (Å²) in [7, 11) is 0. The molecule has 2 unspecified atom stereocenters. The van der Waals surface area contributed by atoms with Gasteiger partial charge in [0.25, 0.3) is 0 Å². The molecule has 27 heavy (non-hydrogen) atoms. The van der Waals surface area contributed by atoms with Crippen molar-refractivity contribution >= 4 is 22.7 Å². The number of nitrogens with zero attached hydrogens (tertiary/aromatic N) is 2. The molecule has 140 valence electrons. The number of hydrogen-bond acceptors (Lipinski definition) is 6. The molecule has 0 radical (unpaired) electrons. The van der Waals surface area contributed by atoms with E-state index in [-0.39, 0.29) is 12.2 Å². The third-order valence-electron chi connectivity index (χ3n) is 5.52. The van der Waals surface area contributed by atoms with E-state index in [0.29, 0.717) is 12.0 Å². The molecule has 3 atom stereocenters. The second kappa shape index (κ2) is 6.83. The van der Waals surface area contributed by atoms with E-state index in [2.05, 4.69) is 67.6 Å². The highest BCUT2D eigenvalue weighted by atomic mass is 15.5. The highest BCUT2D eigenvalue weighted by Crippen LogP contribution is 2.35. The van der Waals surface area contributed by atoms with Crippen molar-refractivity contribution in [1.82, 2.24) is 25.8 Å². The zero-order valence-corrected chi connectivity index (χ0v) is 15.4. The van der Waals surface area contributed by atoms with Crippen molar-refractivity contribution in [3.8, 4) is 0 Å². The van der Waals surface area contributed by atoms with E-state index in [0.717, 1.165) is 23.7 Å². The number of rotatable bonds is 6. The number of hydrogen-bond donors (Lipinski definition) is 5. The number of nitrogens with one attached hydrogen (secondary N) is 5. The second-order valence-electron chi connectivity index (χ2n) is 7.62. The van der Waals surface area contributed by atoms with E-state index in [1.54, 1.807) is 6.20 Å². The minimum Gasteiger partial charge on any atom is -0.361 e. The summed E-state index contributed by atoms with van der Waals surface area (Å²) in [6.45, 7) is 2.12. The number of benzene rings is 1. The lowest BCUT2D eigenvalue weighted by atomic mass is 10.1. The molecule has 7 heteroatoms. The van der Waals surface area contributed by atoms with Gasteiger partial charge in [0.1, 0.15) is 5.82 Å². The highest BCUT2D eigenvalue weighted by molar-refractivity contribution is 5.80. The second-order valence-corrected chi connectivity index (χ2v) is 7.62. The highest BCUT2D eigenvalue weighted by Gasteiger charge is 2.36. The molecule has 5 rings (SSSR count). The summed E-state index contributed by atoms with van der Waals surface area (Å²) in [6, 6.07) is 11.1. The van der Waals surface area contributed by atoms with Gasteiger partial charge in [-0.2, -0.15) is 4.98 Å². The van der Waals surface area contributed by atoms with Crippen LogP contribution in [-0.4, -0.2) is 27.2 Å². The van der Waals surface area contributed by atoms with Crippen LogP contribution in [0.3, 0.4) is 0 Å². The Labute approximate surface area is 158 Å². The van der Waals surface area contributed by atoms with Crippen LogP contribution in [0.5, 0.6) is 0 Å². The zero-order chi connectivity index (χ0) is 18.2. The van der Waals surface area contributed by atoms with Crippen molar-refractivity contribution in [3.05, 3.63) is 48.3 Å². The number of fused-ring (bicyclic) bond motifs is 1. The minimum atomic E-state index is 0.116. The first-order valence-corrected chi connectivity index (χ1v) is 9.69. The van der Waals surface area contributed by atoms with Crippen LogP contribution in [-0.2, 0) is 0 Å². The van der Waals surface area contributed by atoms with Crippen LogP contribution in [0.15, 0.2) is 42.7 Å². The Bertz CT molecular complexity index is 933. The van der Waals surface area contributed by atoms with Crippen LogP contribution >= 0.6 is 0 Å². The fourth-order valence-corrected chi connectivity index (χ4v) is 3.79. The first-order chi connectivity index (χ1) is 13.2. The maximum absolute atomic E-state index is 4.63. The molecule has 1 aromatic carbocycles. The van der Waals surface area contributed by atoms with Gasteiger partial charge in [0.2, 0.25) is 5.95 Å². The molecule has 3 heterocycles. The lowest BCUT2D eigenvalue weighted by Gasteiger charge is -2.16. The summed E-state index contributed by atoms with van der Waals surface area (Å²) >= 11 is 0. The van der Waals surface area contributed by atoms with Gasteiger partial charge in [-0.1, -0.05) is 6.07 Å². The Hall–Kier alpha value is -2.64. The van der Waals surface area contributed by atoms with Crippen molar-refractivity contribution < 1.29 is 0 Å². The third kappa shape index (κ3) is 3.61. The number of anilines is 2. The van der Waals surface area contributed by atoms with Crippen LogP contribution in [0.2, 0.25) is 0 Å². The van der Waals surface area contributed by atoms with Crippen LogP contribution in [0.4, 0.5) is 11.8 Å². The van der Waals surface area contributed by atoms with E-state index in [4.69, 9.17) is 0 Å². The van der Waals surface area contributed by atoms with Crippen LogP contribution in [0.1, 0.15) is 37.8 Å². The zero-order valence-electron chi connectivity index (χ0n) is 15.4. The van der Waals surface area contributed by atoms with Crippen molar-refractivity contribution in [2.24, 2.45) is 5.92 Å². The molecule has 1 saturated carbocycles. The number of aromatic amines is 1. The molecule has 7 nitrogen and oxygen atoms in total. The summed E-state index contributed by atoms with van der Waals surface area (Å²) in [5, 5.41) is 8.08. The Morgan fingerprint density at radius 3 is 2.96 bits per heavy atom. The Morgan fingerprint density at radius 1 is 1.15 bits per heavy atom. The molecule has 3 aromatic rings. The van der Waals surface area contributed by atoms with Gasteiger partial charge in [-0.05, 0) is 67.3 Å². The predicted molar refractivity (Wildman–Crippen MR) is 107 cm³/mol. The standard InChI is InChI=1S/C20H25N7/c1-12(14-4-5-16-15(10-14)6-8-21-16)23-20-22-9-7-18(25-20)24-19-11-17(26-27-19)13-2-3-13/h4-10,12-13,17,19,21,26-27H,2-3,11H2,1H3,(H2,22,23,24,25)/t12-,17?,19?/m1/s1. The fourth-order valence-electron chi connectivity index (χ4n) is 3.79. The molecule has 1 aliphatic heterocycles. The van der Waals surface area contributed by atoms with Gasteiger partial charge in [0.05, 0.1) is 12.2 Å². The Morgan fingerprint density at radius 2 is 2.07 bits per heavy atom. The Balaban J connectivity index is 1.24. The van der Waals surface area contributed by atoms with Gasteiger partial charge < -0.3 is 15.6 Å². The first-order valence-electron chi connectivity index (χ1n) is 9.69.